The molecular formula is C21H24ClN3O4S. The lowest BCUT2D eigenvalue weighted by Gasteiger charge is -2.33. The number of carbonyl (C=O) groups is 2. The summed E-state index contributed by atoms with van der Waals surface area (Å²) in [5.41, 5.74) is 1.24. The third kappa shape index (κ3) is 5.66. The van der Waals surface area contributed by atoms with Crippen LogP contribution in [0.2, 0.25) is 5.02 Å². The van der Waals surface area contributed by atoms with E-state index in [0.29, 0.717) is 55.4 Å². The van der Waals surface area contributed by atoms with Crippen LogP contribution in [0.25, 0.3) is 0 Å². The second kappa shape index (κ2) is 9.70. The van der Waals surface area contributed by atoms with E-state index >= 15 is 0 Å². The average Bonchev–Trinajstić information content (AvgIpc) is 2.73. The molecular weight excluding hydrogens is 426 g/mol. The maximum Gasteiger partial charge on any atom is 0.243 e. The lowest BCUT2D eigenvalue weighted by molar-refractivity contribution is -0.116. The zero-order valence-electron chi connectivity index (χ0n) is 16.7. The molecule has 1 heterocycles. The van der Waals surface area contributed by atoms with Crippen LogP contribution in [0.1, 0.15) is 23.7 Å². The number of benzene rings is 2. The normalized spacial score (nSPS) is 15.7. The van der Waals surface area contributed by atoms with Gasteiger partial charge in [-0.15, -0.1) is 0 Å². The fourth-order valence-corrected chi connectivity index (χ4v) is 4.77. The lowest BCUT2D eigenvalue weighted by atomic mass is 10.1. The van der Waals surface area contributed by atoms with Crippen molar-refractivity contribution in [3.8, 4) is 0 Å². The van der Waals surface area contributed by atoms with Crippen molar-refractivity contribution in [1.29, 1.82) is 0 Å². The van der Waals surface area contributed by atoms with Gasteiger partial charge in [-0.25, -0.2) is 8.42 Å². The highest BCUT2D eigenvalue weighted by atomic mass is 35.5. The predicted molar refractivity (Wildman–Crippen MR) is 116 cm³/mol. The van der Waals surface area contributed by atoms with Gasteiger partial charge in [0.25, 0.3) is 0 Å². The molecule has 7 nitrogen and oxygen atoms in total. The summed E-state index contributed by atoms with van der Waals surface area (Å²) in [6.07, 6.45) is 0.304. The van der Waals surface area contributed by atoms with E-state index in [-0.39, 0.29) is 16.6 Å². The Morgan fingerprint density at radius 1 is 0.967 bits per heavy atom. The maximum absolute atomic E-state index is 12.7. The molecule has 0 bridgehead atoms. The van der Waals surface area contributed by atoms with Crippen molar-refractivity contribution in [2.45, 2.75) is 18.2 Å². The molecule has 1 aliphatic rings. The Balaban J connectivity index is 1.46. The van der Waals surface area contributed by atoms with Crippen molar-refractivity contribution in [3.05, 3.63) is 59.1 Å². The number of nitrogens with zero attached hydrogens (tertiary/aromatic N) is 2. The molecule has 30 heavy (non-hydrogen) atoms. The van der Waals surface area contributed by atoms with Crippen LogP contribution in [-0.4, -0.2) is 62.0 Å². The summed E-state index contributed by atoms with van der Waals surface area (Å²) in [7, 11) is -3.54. The molecule has 0 saturated carbocycles. The Morgan fingerprint density at radius 3 is 2.13 bits per heavy atom. The van der Waals surface area contributed by atoms with Crippen LogP contribution >= 0.6 is 11.6 Å². The van der Waals surface area contributed by atoms with Gasteiger partial charge in [-0.1, -0.05) is 11.6 Å². The largest absolute Gasteiger partial charge is 0.326 e. The molecule has 1 N–H and O–H groups in total. The Bertz CT molecular complexity index is 1000. The Kier molecular flexibility index (Phi) is 7.25. The van der Waals surface area contributed by atoms with Gasteiger partial charge in [0.15, 0.2) is 5.78 Å². The second-order valence-electron chi connectivity index (χ2n) is 7.13. The van der Waals surface area contributed by atoms with Crippen molar-refractivity contribution in [2.24, 2.45) is 0 Å². The number of Topliss-reactive ketones (excluding diaryl/α,β-unsaturated/α-hetero) is 1. The Hall–Kier alpha value is -2.26. The molecule has 2 aromatic carbocycles. The Labute approximate surface area is 181 Å². The molecule has 1 saturated heterocycles. The molecule has 0 unspecified atom stereocenters. The fraction of sp³-hybridized carbons (Fsp3) is 0.333. The van der Waals surface area contributed by atoms with Gasteiger partial charge in [0.1, 0.15) is 0 Å². The van der Waals surface area contributed by atoms with Crippen molar-refractivity contribution in [1.82, 2.24) is 9.21 Å². The van der Waals surface area contributed by atoms with Crippen LogP contribution in [0.15, 0.2) is 53.4 Å². The topological polar surface area (TPSA) is 86.8 Å². The maximum atomic E-state index is 12.7. The summed E-state index contributed by atoms with van der Waals surface area (Å²) < 4.78 is 26.9. The molecule has 0 aromatic heterocycles. The first-order valence-electron chi connectivity index (χ1n) is 9.64. The molecule has 160 valence electrons. The number of rotatable bonds is 7. The van der Waals surface area contributed by atoms with E-state index in [1.807, 2.05) is 0 Å². The third-order valence-corrected chi connectivity index (χ3v) is 7.18. The molecule has 1 aliphatic heterocycles. The minimum atomic E-state index is -3.54. The van der Waals surface area contributed by atoms with E-state index in [2.05, 4.69) is 10.2 Å². The van der Waals surface area contributed by atoms with Crippen molar-refractivity contribution >= 4 is 39.0 Å². The number of piperazine rings is 1. The van der Waals surface area contributed by atoms with Crippen LogP contribution in [0.4, 0.5) is 5.69 Å². The number of amides is 1. The first-order chi connectivity index (χ1) is 14.3. The molecule has 0 spiro atoms. The first kappa shape index (κ1) is 22.4. The van der Waals surface area contributed by atoms with Gasteiger partial charge in [0.05, 0.1) is 4.90 Å². The van der Waals surface area contributed by atoms with Crippen LogP contribution in [0.3, 0.4) is 0 Å². The summed E-state index contributed by atoms with van der Waals surface area (Å²) in [5.74, 6) is -0.146. The van der Waals surface area contributed by atoms with E-state index in [0.717, 1.165) is 0 Å². The average molecular weight is 450 g/mol. The summed E-state index contributed by atoms with van der Waals surface area (Å²) in [4.78, 5) is 25.8. The van der Waals surface area contributed by atoms with E-state index in [9.17, 15) is 18.0 Å². The van der Waals surface area contributed by atoms with Gasteiger partial charge in [-0.3, -0.25) is 9.59 Å². The van der Waals surface area contributed by atoms with Gasteiger partial charge in [0.2, 0.25) is 15.9 Å². The minimum absolute atomic E-state index is 0.0231. The number of sulfonamides is 1. The van der Waals surface area contributed by atoms with E-state index in [1.54, 1.807) is 36.4 Å². The van der Waals surface area contributed by atoms with Gasteiger partial charge in [-0.2, -0.15) is 4.31 Å². The number of carbonyl (C=O) groups excluding carboxylic acids is 2. The molecule has 3 rings (SSSR count). The number of nitrogens with one attached hydrogen (secondary N) is 1. The monoisotopic (exact) mass is 449 g/mol. The number of hydrogen-bond acceptors (Lipinski definition) is 5. The zero-order valence-corrected chi connectivity index (χ0v) is 18.2. The number of anilines is 1. The molecule has 0 radical (unpaired) electrons. The minimum Gasteiger partial charge on any atom is -0.326 e. The summed E-state index contributed by atoms with van der Waals surface area (Å²) >= 11 is 5.84. The molecule has 1 fully saturated rings. The lowest BCUT2D eigenvalue weighted by Crippen LogP contribution is -2.49. The molecule has 0 atom stereocenters. The van der Waals surface area contributed by atoms with E-state index < -0.39 is 10.0 Å². The number of hydrogen-bond donors (Lipinski definition) is 1. The number of ketones is 1. The number of halogens is 1. The van der Waals surface area contributed by atoms with Gasteiger partial charge in [0, 0.05) is 55.4 Å². The molecule has 9 heteroatoms. The zero-order chi connectivity index (χ0) is 21.7. The fourth-order valence-electron chi connectivity index (χ4n) is 3.22. The molecule has 0 aliphatic carbocycles. The summed E-state index contributed by atoms with van der Waals surface area (Å²) in [5, 5.41) is 3.31. The standard InChI is InChI=1S/C21H24ClN3O4S/c1-16(26)17-2-6-19(7-3-17)23-21(27)10-11-24-12-14-25(15-13-24)30(28,29)20-8-4-18(22)5-9-20/h2-9H,10-15H2,1H3,(H,23,27). The van der Waals surface area contributed by atoms with Gasteiger partial charge in [-0.05, 0) is 55.5 Å². The van der Waals surface area contributed by atoms with Crippen LogP contribution in [0.5, 0.6) is 0 Å². The molecule has 1 amide bonds. The third-order valence-electron chi connectivity index (χ3n) is 5.01. The SMILES string of the molecule is CC(=O)c1ccc(NC(=O)CCN2CCN(S(=O)(=O)c3ccc(Cl)cc3)CC2)cc1. The van der Waals surface area contributed by atoms with Crippen LogP contribution < -0.4 is 5.32 Å². The first-order valence-corrected chi connectivity index (χ1v) is 11.5. The van der Waals surface area contributed by atoms with Crippen molar-refractivity contribution < 1.29 is 18.0 Å². The van der Waals surface area contributed by atoms with E-state index in [4.69, 9.17) is 11.6 Å². The second-order valence-corrected chi connectivity index (χ2v) is 9.51. The highest BCUT2D eigenvalue weighted by molar-refractivity contribution is 7.89. The summed E-state index contributed by atoms with van der Waals surface area (Å²) in [6.45, 7) is 3.92. The molecule has 2 aromatic rings. The van der Waals surface area contributed by atoms with E-state index in [1.165, 1.54) is 23.4 Å². The van der Waals surface area contributed by atoms with Crippen molar-refractivity contribution in [3.63, 3.8) is 0 Å². The summed E-state index contributed by atoms with van der Waals surface area (Å²) in [6, 6.07) is 12.9. The van der Waals surface area contributed by atoms with Crippen LogP contribution in [0, 0.1) is 0 Å². The highest BCUT2D eigenvalue weighted by Crippen LogP contribution is 2.20. The quantitative estimate of drug-likeness (QED) is 0.657. The highest BCUT2D eigenvalue weighted by Gasteiger charge is 2.28. The Morgan fingerprint density at radius 2 is 1.57 bits per heavy atom. The predicted octanol–water partition coefficient (Wildman–Crippen LogP) is 2.88. The van der Waals surface area contributed by atoms with Crippen molar-refractivity contribution in [2.75, 3.05) is 38.0 Å². The van der Waals surface area contributed by atoms with Crippen LogP contribution in [-0.2, 0) is 14.8 Å². The van der Waals surface area contributed by atoms with Gasteiger partial charge < -0.3 is 10.2 Å². The van der Waals surface area contributed by atoms with Gasteiger partial charge >= 0.3 is 0 Å². The smallest absolute Gasteiger partial charge is 0.243 e.